The Morgan fingerprint density at radius 2 is 0.966 bits per heavy atom. The van der Waals surface area contributed by atoms with Gasteiger partial charge < -0.3 is 20.3 Å². The van der Waals surface area contributed by atoms with Crippen LogP contribution in [0.3, 0.4) is 0 Å². The van der Waals surface area contributed by atoms with Crippen molar-refractivity contribution in [3.8, 4) is 0 Å². The first-order chi connectivity index (χ1) is 29.0. The molecule has 0 heterocycles. The SMILES string of the molecule is CC/C=C\C/C=C\C/C=C\C/C=C\C/C=C\C/C=C\C(CC(=O)NC(CO)C(O)CCCCCCCCCCCCCC)OC(=O)CCCCCCC/C=C\CCCC. The summed E-state index contributed by atoms with van der Waals surface area (Å²) in [4.78, 5) is 26.0. The van der Waals surface area contributed by atoms with Crippen LogP contribution in [0.5, 0.6) is 0 Å². The van der Waals surface area contributed by atoms with Gasteiger partial charge in [0.15, 0.2) is 0 Å². The molecule has 0 aliphatic rings. The molecule has 6 nitrogen and oxygen atoms in total. The molecule has 0 rings (SSSR count). The lowest BCUT2D eigenvalue weighted by atomic mass is 10.0. The zero-order valence-electron chi connectivity index (χ0n) is 38.4. The van der Waals surface area contributed by atoms with Gasteiger partial charge in [-0.1, -0.05) is 209 Å². The zero-order chi connectivity index (χ0) is 43.1. The van der Waals surface area contributed by atoms with Crippen LogP contribution in [0, 0.1) is 0 Å². The first-order valence-corrected chi connectivity index (χ1v) is 24.3. The number of carbonyl (C=O) groups is 2. The second-order valence-electron chi connectivity index (χ2n) is 16.1. The van der Waals surface area contributed by atoms with Crippen LogP contribution in [0.2, 0.25) is 0 Å². The highest BCUT2D eigenvalue weighted by molar-refractivity contribution is 5.78. The van der Waals surface area contributed by atoms with E-state index in [-0.39, 0.29) is 24.9 Å². The van der Waals surface area contributed by atoms with E-state index in [0.717, 1.165) is 83.5 Å². The fourth-order valence-corrected chi connectivity index (χ4v) is 6.76. The van der Waals surface area contributed by atoms with Gasteiger partial charge in [-0.25, -0.2) is 0 Å². The second kappa shape index (κ2) is 46.1. The molecule has 0 aliphatic heterocycles. The fourth-order valence-electron chi connectivity index (χ4n) is 6.76. The summed E-state index contributed by atoms with van der Waals surface area (Å²) in [6.45, 7) is 6.27. The summed E-state index contributed by atoms with van der Waals surface area (Å²) in [5, 5.41) is 23.6. The van der Waals surface area contributed by atoms with Gasteiger partial charge in [0.05, 0.1) is 25.2 Å². The minimum Gasteiger partial charge on any atom is -0.458 e. The van der Waals surface area contributed by atoms with Crippen molar-refractivity contribution < 1.29 is 24.5 Å². The largest absolute Gasteiger partial charge is 0.458 e. The first-order valence-electron chi connectivity index (χ1n) is 24.3. The molecule has 0 fully saturated rings. The van der Waals surface area contributed by atoms with Gasteiger partial charge in [-0.2, -0.15) is 0 Å². The summed E-state index contributed by atoms with van der Waals surface area (Å²) in [7, 11) is 0. The second-order valence-corrected chi connectivity index (χ2v) is 16.1. The summed E-state index contributed by atoms with van der Waals surface area (Å²) < 4.78 is 5.80. The number of nitrogens with one attached hydrogen (secondary N) is 1. The normalized spacial score (nSPS) is 14.1. The van der Waals surface area contributed by atoms with Crippen molar-refractivity contribution in [3.63, 3.8) is 0 Å². The summed E-state index contributed by atoms with van der Waals surface area (Å²) >= 11 is 0. The lowest BCUT2D eigenvalue weighted by Gasteiger charge is -2.23. The third-order valence-electron chi connectivity index (χ3n) is 10.5. The summed E-state index contributed by atoms with van der Waals surface area (Å²) in [6.07, 6.45) is 59.5. The number of ether oxygens (including phenoxy) is 1. The maximum atomic E-state index is 13.1. The van der Waals surface area contributed by atoms with E-state index in [4.69, 9.17) is 4.74 Å². The number of aliphatic hydroxyl groups excluding tert-OH is 2. The number of unbranched alkanes of at least 4 members (excludes halogenated alkanes) is 18. The number of carbonyl (C=O) groups excluding carboxylic acids is 2. The first kappa shape index (κ1) is 56.0. The average Bonchev–Trinajstić information content (AvgIpc) is 3.23. The van der Waals surface area contributed by atoms with E-state index in [2.05, 4.69) is 99.0 Å². The van der Waals surface area contributed by atoms with Crippen molar-refractivity contribution in [2.24, 2.45) is 0 Å². The number of esters is 1. The van der Waals surface area contributed by atoms with E-state index in [1.54, 1.807) is 6.08 Å². The minimum absolute atomic E-state index is 0.0541. The van der Waals surface area contributed by atoms with E-state index >= 15 is 0 Å². The van der Waals surface area contributed by atoms with Gasteiger partial charge in [0, 0.05) is 6.42 Å². The molecule has 0 bridgehead atoms. The maximum Gasteiger partial charge on any atom is 0.306 e. The van der Waals surface area contributed by atoms with Crippen molar-refractivity contribution in [2.45, 2.75) is 232 Å². The molecule has 0 saturated carbocycles. The number of hydrogen-bond donors (Lipinski definition) is 3. The molecule has 0 aliphatic carbocycles. The fraction of sp³-hybridized carbons (Fsp3) is 0.698. The molecule has 3 unspecified atom stereocenters. The van der Waals surface area contributed by atoms with E-state index in [9.17, 15) is 19.8 Å². The van der Waals surface area contributed by atoms with Gasteiger partial charge in [-0.15, -0.1) is 0 Å². The highest BCUT2D eigenvalue weighted by Crippen LogP contribution is 2.15. The van der Waals surface area contributed by atoms with Gasteiger partial charge >= 0.3 is 5.97 Å². The van der Waals surface area contributed by atoms with Gasteiger partial charge in [0.2, 0.25) is 5.91 Å². The molecule has 59 heavy (non-hydrogen) atoms. The number of allylic oxidation sites excluding steroid dienone is 13. The van der Waals surface area contributed by atoms with Crippen LogP contribution >= 0.6 is 0 Å². The predicted octanol–water partition coefficient (Wildman–Crippen LogP) is 14.4. The number of amides is 1. The van der Waals surface area contributed by atoms with E-state index in [1.807, 2.05) is 6.08 Å². The third-order valence-corrected chi connectivity index (χ3v) is 10.5. The Kier molecular flexibility index (Phi) is 43.8. The van der Waals surface area contributed by atoms with Gasteiger partial charge in [-0.3, -0.25) is 9.59 Å². The average molecular weight is 822 g/mol. The Bertz CT molecular complexity index is 1150. The highest BCUT2D eigenvalue weighted by Gasteiger charge is 2.23. The molecule has 0 spiro atoms. The Morgan fingerprint density at radius 1 is 0.525 bits per heavy atom. The summed E-state index contributed by atoms with van der Waals surface area (Å²) in [6, 6.07) is -0.747. The van der Waals surface area contributed by atoms with Crippen LogP contribution in [0.25, 0.3) is 0 Å². The monoisotopic (exact) mass is 822 g/mol. The van der Waals surface area contributed by atoms with Crippen LogP contribution in [0.4, 0.5) is 0 Å². The maximum absolute atomic E-state index is 13.1. The lowest BCUT2D eigenvalue weighted by Crippen LogP contribution is -2.46. The van der Waals surface area contributed by atoms with E-state index < -0.39 is 18.2 Å². The van der Waals surface area contributed by atoms with Crippen LogP contribution in [-0.4, -0.2) is 46.9 Å². The molecule has 338 valence electrons. The molecular formula is C53H91NO5. The lowest BCUT2D eigenvalue weighted by molar-refractivity contribution is -0.148. The van der Waals surface area contributed by atoms with Crippen molar-refractivity contribution in [1.82, 2.24) is 5.32 Å². The Morgan fingerprint density at radius 3 is 1.47 bits per heavy atom. The van der Waals surface area contributed by atoms with E-state index in [1.165, 1.54) is 83.5 Å². The van der Waals surface area contributed by atoms with E-state index in [0.29, 0.717) is 19.3 Å². The standard InChI is InChI=1S/C53H91NO5/c1-4-7-10-13-16-19-22-24-25-26-27-28-30-32-35-38-41-44-49(59-53(58)46-43-40-37-34-29-21-18-15-12-9-6-3)47-52(57)54-50(48-55)51(56)45-42-39-36-33-31-23-20-17-14-11-8-5-2/h7,10,15-16,18-19,24-25,27-28,32,35,41,44,49-51,55-56H,4-6,8-9,11-14,17,20-23,26,29-31,33-34,36-40,42-43,45-48H2,1-3H3,(H,54,57)/b10-7-,18-15-,19-16-,25-24-,28-27-,35-32-,44-41-. The molecule has 6 heteroatoms. The number of aliphatic hydroxyl groups is 2. The summed E-state index contributed by atoms with van der Waals surface area (Å²) in [5.41, 5.74) is 0. The Hall–Kier alpha value is -2.96. The van der Waals surface area contributed by atoms with Gasteiger partial charge in [0.25, 0.3) is 0 Å². The van der Waals surface area contributed by atoms with Gasteiger partial charge in [-0.05, 0) is 76.7 Å². The Labute approximate surface area is 363 Å². The van der Waals surface area contributed by atoms with Crippen molar-refractivity contribution in [2.75, 3.05) is 6.61 Å². The third kappa shape index (κ3) is 41.6. The highest BCUT2D eigenvalue weighted by atomic mass is 16.5. The quantitative estimate of drug-likeness (QED) is 0.0324. The molecule has 3 atom stereocenters. The van der Waals surface area contributed by atoms with Crippen LogP contribution in [0.1, 0.15) is 213 Å². The van der Waals surface area contributed by atoms with Crippen molar-refractivity contribution in [3.05, 3.63) is 85.1 Å². The molecule has 0 saturated heterocycles. The number of hydrogen-bond acceptors (Lipinski definition) is 5. The number of rotatable bonds is 42. The molecule has 0 radical (unpaired) electrons. The van der Waals surface area contributed by atoms with Crippen molar-refractivity contribution in [1.29, 1.82) is 0 Å². The molecular weight excluding hydrogens is 731 g/mol. The van der Waals surface area contributed by atoms with Crippen LogP contribution in [-0.2, 0) is 14.3 Å². The molecule has 0 aromatic rings. The van der Waals surface area contributed by atoms with Crippen LogP contribution < -0.4 is 5.32 Å². The molecule has 0 aromatic carbocycles. The zero-order valence-corrected chi connectivity index (χ0v) is 38.4. The predicted molar refractivity (Wildman–Crippen MR) is 254 cm³/mol. The minimum atomic E-state index is -0.823. The summed E-state index contributed by atoms with van der Waals surface area (Å²) in [5.74, 6) is -0.647. The smallest absolute Gasteiger partial charge is 0.306 e. The topological polar surface area (TPSA) is 95.9 Å². The molecule has 3 N–H and O–H groups in total. The molecule has 1 amide bonds. The Balaban J connectivity index is 4.81. The van der Waals surface area contributed by atoms with Crippen molar-refractivity contribution >= 4 is 11.9 Å². The van der Waals surface area contributed by atoms with Gasteiger partial charge in [0.1, 0.15) is 6.10 Å². The van der Waals surface area contributed by atoms with Crippen LogP contribution in [0.15, 0.2) is 85.1 Å². The molecule has 0 aromatic heterocycles.